The van der Waals surface area contributed by atoms with E-state index in [1.54, 1.807) is 0 Å². The Hall–Kier alpha value is -2.35. The van der Waals surface area contributed by atoms with Crippen molar-refractivity contribution in [1.82, 2.24) is 10.6 Å². The lowest BCUT2D eigenvalue weighted by Crippen LogP contribution is -2.39. The fourth-order valence-corrected chi connectivity index (χ4v) is 3.30. The van der Waals surface area contributed by atoms with Crippen molar-refractivity contribution in [3.05, 3.63) is 53.6 Å². The van der Waals surface area contributed by atoms with Crippen LogP contribution in [0.3, 0.4) is 0 Å². The third-order valence-corrected chi connectivity index (χ3v) is 4.78. The van der Waals surface area contributed by atoms with Crippen molar-refractivity contribution in [1.29, 1.82) is 0 Å². The highest BCUT2D eigenvalue weighted by molar-refractivity contribution is 6.61. The molecule has 0 bridgehead atoms. The van der Waals surface area contributed by atoms with Crippen molar-refractivity contribution >= 4 is 18.5 Å². The van der Waals surface area contributed by atoms with Gasteiger partial charge in [0.05, 0.1) is 12.6 Å². The second-order valence-corrected chi connectivity index (χ2v) is 6.64. The first-order valence-electron chi connectivity index (χ1n) is 8.89. The van der Waals surface area contributed by atoms with Crippen LogP contribution >= 0.6 is 0 Å². The number of rotatable bonds is 5. The van der Waals surface area contributed by atoms with E-state index in [9.17, 15) is 9.82 Å². The summed E-state index contributed by atoms with van der Waals surface area (Å²) in [6, 6.07) is 13.1. The van der Waals surface area contributed by atoms with Gasteiger partial charge in [0.1, 0.15) is 11.5 Å². The number of carbonyl (C=O) groups is 1. The van der Waals surface area contributed by atoms with E-state index >= 15 is 0 Å². The summed E-state index contributed by atoms with van der Waals surface area (Å²) in [6.45, 7) is 1.81. The number of nitrogens with one attached hydrogen (secondary N) is 2. The van der Waals surface area contributed by atoms with Gasteiger partial charge in [-0.3, -0.25) is 4.79 Å². The number of amides is 1. The van der Waals surface area contributed by atoms with Crippen LogP contribution in [0.25, 0.3) is 0 Å². The van der Waals surface area contributed by atoms with Crippen molar-refractivity contribution in [3.63, 3.8) is 0 Å². The van der Waals surface area contributed by atoms with Gasteiger partial charge in [-0.15, -0.1) is 0 Å². The van der Waals surface area contributed by atoms with Gasteiger partial charge in [0.25, 0.3) is 0 Å². The molecule has 7 heteroatoms. The van der Waals surface area contributed by atoms with Gasteiger partial charge in [0.2, 0.25) is 5.91 Å². The van der Waals surface area contributed by atoms with Gasteiger partial charge in [0, 0.05) is 6.54 Å². The highest BCUT2D eigenvalue weighted by Gasteiger charge is 2.27. The lowest BCUT2D eigenvalue weighted by atomic mass is 9.80. The van der Waals surface area contributed by atoms with Crippen molar-refractivity contribution < 1.29 is 19.2 Å². The molecule has 134 valence electrons. The second kappa shape index (κ2) is 7.49. The fraction of sp³-hybridized carbons (Fsp3) is 0.316. The SMILES string of the molecule is O=C(NCc1ccc(Oc2ccc3c(c2)COB3O)cc1)C1CCCN1. The molecule has 4 rings (SSSR count). The largest absolute Gasteiger partial charge is 0.491 e. The van der Waals surface area contributed by atoms with Gasteiger partial charge >= 0.3 is 7.12 Å². The maximum absolute atomic E-state index is 12.0. The Morgan fingerprint density at radius 3 is 2.85 bits per heavy atom. The molecule has 0 spiro atoms. The van der Waals surface area contributed by atoms with Crippen LogP contribution in [0.15, 0.2) is 42.5 Å². The summed E-state index contributed by atoms with van der Waals surface area (Å²) in [5, 5.41) is 15.8. The summed E-state index contributed by atoms with van der Waals surface area (Å²) < 4.78 is 11.1. The van der Waals surface area contributed by atoms with Crippen LogP contribution in [0.2, 0.25) is 0 Å². The first-order chi connectivity index (χ1) is 12.7. The Bertz CT molecular complexity index is 791. The Labute approximate surface area is 152 Å². The van der Waals surface area contributed by atoms with E-state index in [2.05, 4.69) is 10.6 Å². The first kappa shape index (κ1) is 17.1. The molecule has 1 atom stereocenters. The van der Waals surface area contributed by atoms with E-state index in [-0.39, 0.29) is 11.9 Å². The Morgan fingerprint density at radius 1 is 1.27 bits per heavy atom. The molecule has 2 aromatic rings. The normalized spacial score (nSPS) is 18.7. The standard InChI is InChI=1S/C19H21BN2O4/c23-19(18-2-1-9-21-18)22-11-13-3-5-15(6-4-13)26-16-7-8-17-14(10-16)12-25-20(17)24/h3-8,10,18,21,24H,1-2,9,11-12H2,(H,22,23). The molecule has 0 radical (unpaired) electrons. The topological polar surface area (TPSA) is 79.8 Å². The van der Waals surface area contributed by atoms with Gasteiger partial charge in [-0.1, -0.05) is 18.2 Å². The lowest BCUT2D eigenvalue weighted by molar-refractivity contribution is -0.122. The van der Waals surface area contributed by atoms with Crippen molar-refractivity contribution in [2.45, 2.75) is 32.0 Å². The smallest absolute Gasteiger partial charge is 0.457 e. The highest BCUT2D eigenvalue weighted by atomic mass is 16.5. The van der Waals surface area contributed by atoms with Gasteiger partial charge in [-0.05, 0) is 60.2 Å². The molecule has 0 aromatic heterocycles. The van der Waals surface area contributed by atoms with Gasteiger partial charge in [0.15, 0.2) is 0 Å². The molecule has 0 aliphatic carbocycles. The zero-order valence-corrected chi connectivity index (χ0v) is 14.4. The van der Waals surface area contributed by atoms with Crippen molar-refractivity contribution in [2.24, 2.45) is 0 Å². The quantitative estimate of drug-likeness (QED) is 0.702. The van der Waals surface area contributed by atoms with E-state index in [0.29, 0.717) is 18.9 Å². The predicted molar refractivity (Wildman–Crippen MR) is 98.2 cm³/mol. The van der Waals surface area contributed by atoms with Crippen molar-refractivity contribution in [3.8, 4) is 11.5 Å². The second-order valence-electron chi connectivity index (χ2n) is 6.64. The fourth-order valence-electron chi connectivity index (χ4n) is 3.30. The molecule has 2 heterocycles. The zero-order chi connectivity index (χ0) is 17.9. The summed E-state index contributed by atoms with van der Waals surface area (Å²) in [6.07, 6.45) is 1.96. The molecular formula is C19H21BN2O4. The third-order valence-electron chi connectivity index (χ3n) is 4.78. The molecule has 2 aromatic carbocycles. The Kier molecular flexibility index (Phi) is 4.92. The van der Waals surface area contributed by atoms with Crippen LogP contribution in [0, 0.1) is 0 Å². The number of carbonyl (C=O) groups excluding carboxylic acids is 1. The van der Waals surface area contributed by atoms with Crippen LogP contribution in [-0.4, -0.2) is 30.6 Å². The van der Waals surface area contributed by atoms with Crippen LogP contribution in [0.1, 0.15) is 24.0 Å². The molecule has 1 amide bonds. The van der Waals surface area contributed by atoms with Gasteiger partial charge in [-0.2, -0.15) is 0 Å². The molecule has 26 heavy (non-hydrogen) atoms. The number of benzene rings is 2. The van der Waals surface area contributed by atoms with Crippen LogP contribution in [0.4, 0.5) is 0 Å². The average Bonchev–Trinajstić information content (AvgIpc) is 3.31. The maximum atomic E-state index is 12.0. The molecule has 1 unspecified atom stereocenters. The summed E-state index contributed by atoms with van der Waals surface area (Å²) in [7, 11) is -0.840. The minimum absolute atomic E-state index is 0.0556. The van der Waals surface area contributed by atoms with E-state index in [4.69, 9.17) is 9.39 Å². The third kappa shape index (κ3) is 3.75. The van der Waals surface area contributed by atoms with E-state index in [1.165, 1.54) is 0 Å². The Balaban J connectivity index is 1.33. The molecule has 2 aliphatic rings. The molecule has 3 N–H and O–H groups in total. The summed E-state index contributed by atoms with van der Waals surface area (Å²) in [5.74, 6) is 1.48. The van der Waals surface area contributed by atoms with Gasteiger partial charge < -0.3 is 25.0 Å². The predicted octanol–water partition coefficient (Wildman–Crippen LogP) is 1.06. The van der Waals surface area contributed by atoms with Crippen LogP contribution in [-0.2, 0) is 22.6 Å². The average molecular weight is 352 g/mol. The number of ether oxygens (including phenoxy) is 1. The van der Waals surface area contributed by atoms with E-state index in [0.717, 1.165) is 41.7 Å². The minimum Gasteiger partial charge on any atom is -0.457 e. The minimum atomic E-state index is -0.840. The molecule has 6 nitrogen and oxygen atoms in total. The summed E-state index contributed by atoms with van der Waals surface area (Å²) in [5.41, 5.74) is 2.75. The van der Waals surface area contributed by atoms with Gasteiger partial charge in [-0.25, -0.2) is 0 Å². The highest BCUT2D eigenvalue weighted by Crippen LogP contribution is 2.24. The zero-order valence-electron chi connectivity index (χ0n) is 14.4. The summed E-state index contributed by atoms with van der Waals surface area (Å²) >= 11 is 0. The molecule has 1 fully saturated rings. The van der Waals surface area contributed by atoms with Crippen molar-refractivity contribution in [2.75, 3.05) is 6.54 Å². The molecule has 0 saturated carbocycles. The molecule has 1 saturated heterocycles. The summed E-state index contributed by atoms with van der Waals surface area (Å²) in [4.78, 5) is 12.0. The Morgan fingerprint density at radius 2 is 2.08 bits per heavy atom. The van der Waals surface area contributed by atoms with E-state index in [1.807, 2.05) is 42.5 Å². The molecule has 2 aliphatic heterocycles. The van der Waals surface area contributed by atoms with Crippen LogP contribution < -0.4 is 20.8 Å². The monoisotopic (exact) mass is 352 g/mol. The number of hydrogen-bond donors (Lipinski definition) is 3. The van der Waals surface area contributed by atoms with E-state index < -0.39 is 7.12 Å². The maximum Gasteiger partial charge on any atom is 0.491 e. The van der Waals surface area contributed by atoms with Crippen LogP contribution in [0.5, 0.6) is 11.5 Å². The lowest BCUT2D eigenvalue weighted by Gasteiger charge is -2.12. The number of hydrogen-bond acceptors (Lipinski definition) is 5. The first-order valence-corrected chi connectivity index (χ1v) is 8.89. The molecular weight excluding hydrogens is 331 g/mol. The number of fused-ring (bicyclic) bond motifs is 1.